The van der Waals surface area contributed by atoms with Crippen molar-refractivity contribution in [2.24, 2.45) is 0 Å². The standard InChI is InChI=1S/C8H12N4S/c1-10-7-5-4-13-3-2-6(5)11-8(9)12-7/h2-4H2,1H3,(H3,9,10,11,12). The van der Waals surface area contributed by atoms with Crippen LogP contribution in [-0.2, 0) is 12.2 Å². The zero-order valence-electron chi connectivity index (χ0n) is 7.50. The van der Waals surface area contributed by atoms with Crippen LogP contribution in [0.25, 0.3) is 0 Å². The molecule has 1 aliphatic rings. The van der Waals surface area contributed by atoms with Crippen LogP contribution in [0.5, 0.6) is 0 Å². The van der Waals surface area contributed by atoms with Crippen LogP contribution in [0.1, 0.15) is 11.3 Å². The quantitative estimate of drug-likeness (QED) is 0.698. The minimum atomic E-state index is 0.370. The zero-order chi connectivity index (χ0) is 9.26. The van der Waals surface area contributed by atoms with Crippen LogP contribution in [0.3, 0.4) is 0 Å². The highest BCUT2D eigenvalue weighted by atomic mass is 32.2. The second kappa shape index (κ2) is 3.41. The van der Waals surface area contributed by atoms with E-state index in [1.165, 1.54) is 5.56 Å². The largest absolute Gasteiger partial charge is 0.373 e. The van der Waals surface area contributed by atoms with Gasteiger partial charge in [0.15, 0.2) is 0 Å². The minimum Gasteiger partial charge on any atom is -0.373 e. The summed E-state index contributed by atoms with van der Waals surface area (Å²) >= 11 is 1.91. The molecular formula is C8H12N4S. The lowest BCUT2D eigenvalue weighted by Crippen LogP contribution is -2.12. The van der Waals surface area contributed by atoms with Gasteiger partial charge in [-0.3, -0.25) is 0 Å². The molecule has 13 heavy (non-hydrogen) atoms. The third-order valence-electron chi connectivity index (χ3n) is 2.08. The second-order valence-electron chi connectivity index (χ2n) is 2.91. The van der Waals surface area contributed by atoms with Crippen molar-refractivity contribution in [3.05, 3.63) is 11.3 Å². The average Bonchev–Trinajstić information content (AvgIpc) is 2.16. The summed E-state index contributed by atoms with van der Waals surface area (Å²) in [6.45, 7) is 0. The average molecular weight is 196 g/mol. The Bertz CT molecular complexity index is 309. The Labute approximate surface area is 81.3 Å². The van der Waals surface area contributed by atoms with Crippen molar-refractivity contribution in [1.29, 1.82) is 0 Å². The van der Waals surface area contributed by atoms with Gasteiger partial charge in [0.25, 0.3) is 0 Å². The molecule has 70 valence electrons. The molecule has 2 rings (SSSR count). The minimum absolute atomic E-state index is 0.370. The van der Waals surface area contributed by atoms with Crippen LogP contribution in [0.4, 0.5) is 11.8 Å². The third kappa shape index (κ3) is 1.56. The van der Waals surface area contributed by atoms with E-state index < -0.39 is 0 Å². The van der Waals surface area contributed by atoms with Gasteiger partial charge in [-0.25, -0.2) is 4.98 Å². The summed E-state index contributed by atoms with van der Waals surface area (Å²) in [7, 11) is 1.86. The summed E-state index contributed by atoms with van der Waals surface area (Å²) < 4.78 is 0. The molecule has 0 aliphatic carbocycles. The van der Waals surface area contributed by atoms with Gasteiger partial charge < -0.3 is 11.1 Å². The van der Waals surface area contributed by atoms with Gasteiger partial charge in [-0.05, 0) is 12.2 Å². The molecule has 0 unspecified atom stereocenters. The molecule has 4 nitrogen and oxygen atoms in total. The molecule has 0 amide bonds. The molecule has 0 spiro atoms. The second-order valence-corrected chi connectivity index (χ2v) is 4.01. The molecular weight excluding hydrogens is 184 g/mol. The Morgan fingerprint density at radius 2 is 2.31 bits per heavy atom. The maximum absolute atomic E-state index is 5.59. The Morgan fingerprint density at radius 3 is 3.08 bits per heavy atom. The molecule has 0 radical (unpaired) electrons. The van der Waals surface area contributed by atoms with Crippen LogP contribution in [-0.4, -0.2) is 22.8 Å². The Morgan fingerprint density at radius 1 is 1.46 bits per heavy atom. The van der Waals surface area contributed by atoms with Crippen LogP contribution in [0, 0.1) is 0 Å². The molecule has 1 aliphatic heterocycles. The number of nitrogens with zero attached hydrogens (tertiary/aromatic N) is 2. The van der Waals surface area contributed by atoms with Crippen molar-refractivity contribution >= 4 is 23.5 Å². The number of thioether (sulfide) groups is 1. The first-order valence-electron chi connectivity index (χ1n) is 4.22. The fourth-order valence-corrected chi connectivity index (χ4v) is 2.45. The van der Waals surface area contributed by atoms with Gasteiger partial charge in [-0.2, -0.15) is 16.7 Å². The summed E-state index contributed by atoms with van der Waals surface area (Å²) in [6.07, 6.45) is 1.00. The van der Waals surface area contributed by atoms with Crippen molar-refractivity contribution in [2.45, 2.75) is 12.2 Å². The molecule has 0 bridgehead atoms. The molecule has 0 aromatic carbocycles. The van der Waals surface area contributed by atoms with Crippen molar-refractivity contribution in [3.8, 4) is 0 Å². The summed E-state index contributed by atoms with van der Waals surface area (Å²) in [4.78, 5) is 8.38. The number of nitrogen functional groups attached to an aromatic ring is 1. The van der Waals surface area contributed by atoms with Gasteiger partial charge in [-0.15, -0.1) is 0 Å². The van der Waals surface area contributed by atoms with E-state index in [-0.39, 0.29) is 0 Å². The van der Waals surface area contributed by atoms with E-state index in [0.29, 0.717) is 5.95 Å². The SMILES string of the molecule is CNc1nc(N)nc2c1CSCC2. The molecule has 0 fully saturated rings. The third-order valence-corrected chi connectivity index (χ3v) is 3.06. The fourth-order valence-electron chi connectivity index (χ4n) is 1.46. The smallest absolute Gasteiger partial charge is 0.222 e. The highest BCUT2D eigenvalue weighted by molar-refractivity contribution is 7.98. The molecule has 1 aromatic rings. The number of nitrogens with two attached hydrogens (primary N) is 1. The number of rotatable bonds is 1. The van der Waals surface area contributed by atoms with Gasteiger partial charge in [0.1, 0.15) is 5.82 Å². The highest BCUT2D eigenvalue weighted by Gasteiger charge is 2.16. The van der Waals surface area contributed by atoms with Crippen LogP contribution in [0.2, 0.25) is 0 Å². The maximum atomic E-state index is 5.59. The molecule has 5 heteroatoms. The van der Waals surface area contributed by atoms with E-state index in [2.05, 4.69) is 15.3 Å². The number of fused-ring (bicyclic) bond motifs is 1. The number of nitrogens with one attached hydrogen (secondary N) is 1. The Balaban J connectivity index is 2.50. The summed E-state index contributed by atoms with van der Waals surface area (Å²) in [5, 5.41) is 3.05. The molecule has 0 saturated heterocycles. The normalized spacial score (nSPS) is 15.2. The van der Waals surface area contributed by atoms with Crippen LogP contribution in [0.15, 0.2) is 0 Å². The molecule has 1 aromatic heterocycles. The molecule has 3 N–H and O–H groups in total. The predicted molar refractivity (Wildman–Crippen MR) is 55.9 cm³/mol. The van der Waals surface area contributed by atoms with Crippen LogP contribution < -0.4 is 11.1 Å². The Hall–Kier alpha value is -0.970. The fraction of sp³-hybridized carbons (Fsp3) is 0.500. The maximum Gasteiger partial charge on any atom is 0.222 e. The van der Waals surface area contributed by atoms with Crippen molar-refractivity contribution in [2.75, 3.05) is 23.9 Å². The highest BCUT2D eigenvalue weighted by Crippen LogP contribution is 2.28. The van der Waals surface area contributed by atoms with Gasteiger partial charge in [0, 0.05) is 18.4 Å². The number of aryl methyl sites for hydroxylation is 1. The van der Waals surface area contributed by atoms with E-state index in [4.69, 9.17) is 5.73 Å². The van der Waals surface area contributed by atoms with E-state index >= 15 is 0 Å². The van der Waals surface area contributed by atoms with E-state index in [0.717, 1.165) is 29.4 Å². The topological polar surface area (TPSA) is 63.8 Å². The zero-order valence-corrected chi connectivity index (χ0v) is 8.32. The van der Waals surface area contributed by atoms with E-state index in [9.17, 15) is 0 Å². The first-order chi connectivity index (χ1) is 6.31. The first-order valence-corrected chi connectivity index (χ1v) is 5.37. The van der Waals surface area contributed by atoms with Crippen LogP contribution >= 0.6 is 11.8 Å². The lowest BCUT2D eigenvalue weighted by Gasteiger charge is -2.17. The van der Waals surface area contributed by atoms with Gasteiger partial charge in [-0.1, -0.05) is 0 Å². The van der Waals surface area contributed by atoms with Crippen molar-refractivity contribution in [1.82, 2.24) is 9.97 Å². The van der Waals surface area contributed by atoms with Gasteiger partial charge in [0.05, 0.1) is 5.69 Å². The molecule has 2 heterocycles. The summed E-state index contributed by atoms with van der Waals surface area (Å²) in [6, 6.07) is 0. The van der Waals surface area contributed by atoms with Crippen molar-refractivity contribution < 1.29 is 0 Å². The predicted octanol–water partition coefficient (Wildman–Crippen LogP) is 0.890. The van der Waals surface area contributed by atoms with Crippen molar-refractivity contribution in [3.63, 3.8) is 0 Å². The number of aromatic nitrogens is 2. The van der Waals surface area contributed by atoms with Gasteiger partial charge >= 0.3 is 0 Å². The number of hydrogen-bond donors (Lipinski definition) is 2. The first kappa shape index (κ1) is 8.62. The number of anilines is 2. The van der Waals surface area contributed by atoms with Gasteiger partial charge in [0.2, 0.25) is 5.95 Å². The molecule has 0 saturated carbocycles. The number of hydrogen-bond acceptors (Lipinski definition) is 5. The van der Waals surface area contributed by atoms with E-state index in [1.54, 1.807) is 0 Å². The lowest BCUT2D eigenvalue weighted by molar-refractivity contribution is 0.965. The summed E-state index contributed by atoms with van der Waals surface area (Å²) in [5.74, 6) is 3.38. The molecule has 0 atom stereocenters. The van der Waals surface area contributed by atoms with E-state index in [1.807, 2.05) is 18.8 Å². The lowest BCUT2D eigenvalue weighted by atomic mass is 10.2. The monoisotopic (exact) mass is 196 g/mol. The Kier molecular flexibility index (Phi) is 2.26. The summed E-state index contributed by atoms with van der Waals surface area (Å²) in [5.41, 5.74) is 7.91.